The van der Waals surface area contributed by atoms with Gasteiger partial charge in [-0.05, 0) is 67.4 Å². The van der Waals surface area contributed by atoms with E-state index in [-0.39, 0.29) is 17.6 Å². The standard InChI is InChI=1S/C25H21N3O4S/c1-15-7-5-8-17(13-15)26-23(29)18-9-3-4-10-19(18)27-25(31)22-16(2)14-21(33-22)28-24(30)20-11-6-12-32-20/h3-14H,1-2H3,(H,26,29)(H,27,31)(H,28,30). The normalized spacial score (nSPS) is 10.5. The zero-order valence-corrected chi connectivity index (χ0v) is 18.8. The number of para-hydroxylation sites is 1. The van der Waals surface area contributed by atoms with Gasteiger partial charge in [0.05, 0.1) is 27.4 Å². The van der Waals surface area contributed by atoms with E-state index in [0.717, 1.165) is 16.9 Å². The van der Waals surface area contributed by atoms with E-state index >= 15 is 0 Å². The topological polar surface area (TPSA) is 100 Å². The van der Waals surface area contributed by atoms with Gasteiger partial charge in [-0.1, -0.05) is 24.3 Å². The second kappa shape index (κ2) is 9.54. The van der Waals surface area contributed by atoms with E-state index in [1.807, 2.05) is 25.1 Å². The molecule has 0 spiro atoms. The second-order valence-electron chi connectivity index (χ2n) is 7.38. The van der Waals surface area contributed by atoms with Crippen LogP contribution in [0.15, 0.2) is 77.4 Å². The molecule has 0 aliphatic rings. The lowest BCUT2D eigenvalue weighted by molar-refractivity contribution is 0.0993. The molecule has 0 radical (unpaired) electrons. The second-order valence-corrected chi connectivity index (χ2v) is 8.43. The van der Waals surface area contributed by atoms with Crippen LogP contribution in [0.2, 0.25) is 0 Å². The Morgan fingerprint density at radius 2 is 1.61 bits per heavy atom. The highest BCUT2D eigenvalue weighted by Gasteiger charge is 2.19. The highest BCUT2D eigenvalue weighted by molar-refractivity contribution is 7.18. The Morgan fingerprint density at radius 3 is 2.36 bits per heavy atom. The lowest BCUT2D eigenvalue weighted by Gasteiger charge is -2.11. The van der Waals surface area contributed by atoms with Crippen LogP contribution in [0.3, 0.4) is 0 Å². The predicted molar refractivity (Wildman–Crippen MR) is 129 cm³/mol. The summed E-state index contributed by atoms with van der Waals surface area (Å²) in [6, 6.07) is 19.2. The third-order valence-electron chi connectivity index (χ3n) is 4.80. The Hall–Kier alpha value is -4.17. The maximum absolute atomic E-state index is 13.0. The fourth-order valence-electron chi connectivity index (χ4n) is 3.24. The van der Waals surface area contributed by atoms with Crippen LogP contribution in [-0.4, -0.2) is 17.7 Å². The van der Waals surface area contributed by atoms with Crippen molar-refractivity contribution in [3.05, 3.63) is 100 Å². The minimum absolute atomic E-state index is 0.181. The number of thiophene rings is 1. The van der Waals surface area contributed by atoms with Crippen molar-refractivity contribution in [2.75, 3.05) is 16.0 Å². The summed E-state index contributed by atoms with van der Waals surface area (Å²) >= 11 is 1.14. The maximum Gasteiger partial charge on any atom is 0.291 e. The van der Waals surface area contributed by atoms with Crippen LogP contribution < -0.4 is 16.0 Å². The Kier molecular flexibility index (Phi) is 6.37. The van der Waals surface area contributed by atoms with E-state index in [2.05, 4.69) is 16.0 Å². The molecule has 0 atom stereocenters. The number of anilines is 3. The van der Waals surface area contributed by atoms with E-state index in [1.54, 1.807) is 55.5 Å². The average Bonchev–Trinajstić information content (AvgIpc) is 3.44. The number of nitrogens with one attached hydrogen (secondary N) is 3. The van der Waals surface area contributed by atoms with Crippen molar-refractivity contribution in [3.8, 4) is 0 Å². The summed E-state index contributed by atoms with van der Waals surface area (Å²) in [5.41, 5.74) is 3.13. The van der Waals surface area contributed by atoms with Gasteiger partial charge in [0.15, 0.2) is 5.76 Å². The van der Waals surface area contributed by atoms with Crippen LogP contribution in [0.4, 0.5) is 16.4 Å². The van der Waals surface area contributed by atoms with Gasteiger partial charge in [-0.3, -0.25) is 14.4 Å². The molecule has 2 aromatic carbocycles. The van der Waals surface area contributed by atoms with Crippen LogP contribution in [0.1, 0.15) is 41.7 Å². The molecule has 2 heterocycles. The number of hydrogen-bond acceptors (Lipinski definition) is 5. The van der Waals surface area contributed by atoms with Gasteiger partial charge in [0.25, 0.3) is 17.7 Å². The number of amides is 3. The fraction of sp³-hybridized carbons (Fsp3) is 0.0800. The number of furan rings is 1. The van der Waals surface area contributed by atoms with E-state index < -0.39 is 5.91 Å². The largest absolute Gasteiger partial charge is 0.459 e. The summed E-state index contributed by atoms with van der Waals surface area (Å²) in [5, 5.41) is 8.92. The number of benzene rings is 2. The van der Waals surface area contributed by atoms with E-state index in [9.17, 15) is 14.4 Å². The first-order valence-electron chi connectivity index (χ1n) is 10.1. The van der Waals surface area contributed by atoms with Gasteiger partial charge in [0, 0.05) is 5.69 Å². The summed E-state index contributed by atoms with van der Waals surface area (Å²) < 4.78 is 5.09. The van der Waals surface area contributed by atoms with Crippen molar-refractivity contribution in [2.45, 2.75) is 13.8 Å². The van der Waals surface area contributed by atoms with Crippen molar-refractivity contribution in [3.63, 3.8) is 0 Å². The molecule has 33 heavy (non-hydrogen) atoms. The smallest absolute Gasteiger partial charge is 0.291 e. The van der Waals surface area contributed by atoms with Gasteiger partial charge in [-0.15, -0.1) is 11.3 Å². The monoisotopic (exact) mass is 459 g/mol. The summed E-state index contributed by atoms with van der Waals surface area (Å²) in [7, 11) is 0. The zero-order valence-electron chi connectivity index (χ0n) is 18.0. The Balaban J connectivity index is 1.49. The van der Waals surface area contributed by atoms with Gasteiger partial charge in [0.1, 0.15) is 0 Å². The van der Waals surface area contributed by atoms with Gasteiger partial charge in [-0.25, -0.2) is 0 Å². The predicted octanol–water partition coefficient (Wildman–Crippen LogP) is 5.71. The first kappa shape index (κ1) is 22.0. The molecule has 0 unspecified atom stereocenters. The lowest BCUT2D eigenvalue weighted by Crippen LogP contribution is -2.18. The van der Waals surface area contributed by atoms with Gasteiger partial charge in [0.2, 0.25) is 0 Å². The Labute approximate surface area is 194 Å². The van der Waals surface area contributed by atoms with Crippen LogP contribution in [0.5, 0.6) is 0 Å². The molecule has 166 valence electrons. The number of carbonyl (C=O) groups is 3. The maximum atomic E-state index is 13.0. The van der Waals surface area contributed by atoms with Crippen molar-refractivity contribution in [1.82, 2.24) is 0 Å². The molecule has 0 fully saturated rings. The molecule has 0 aliphatic carbocycles. The molecule has 3 N–H and O–H groups in total. The number of carbonyl (C=O) groups excluding carboxylic acids is 3. The quantitative estimate of drug-likeness (QED) is 0.344. The highest BCUT2D eigenvalue weighted by Crippen LogP contribution is 2.28. The summed E-state index contributed by atoms with van der Waals surface area (Å²) in [6.45, 7) is 3.72. The van der Waals surface area contributed by atoms with Crippen molar-refractivity contribution < 1.29 is 18.8 Å². The first-order valence-corrected chi connectivity index (χ1v) is 11.0. The fourth-order valence-corrected chi connectivity index (χ4v) is 4.20. The summed E-state index contributed by atoms with van der Waals surface area (Å²) in [6.07, 6.45) is 1.42. The molecule has 8 heteroatoms. The van der Waals surface area contributed by atoms with Crippen LogP contribution in [0, 0.1) is 13.8 Å². The molecule has 0 saturated heterocycles. The third kappa shape index (κ3) is 5.19. The molecule has 0 saturated carbocycles. The van der Waals surface area contributed by atoms with Gasteiger partial charge >= 0.3 is 0 Å². The molecule has 3 amide bonds. The third-order valence-corrected chi connectivity index (χ3v) is 5.95. The van der Waals surface area contributed by atoms with Crippen LogP contribution >= 0.6 is 11.3 Å². The first-order chi connectivity index (χ1) is 15.9. The highest BCUT2D eigenvalue weighted by atomic mass is 32.1. The zero-order chi connectivity index (χ0) is 23.4. The molecular weight excluding hydrogens is 438 g/mol. The molecule has 7 nitrogen and oxygen atoms in total. The Morgan fingerprint density at radius 1 is 0.788 bits per heavy atom. The van der Waals surface area contributed by atoms with Crippen molar-refractivity contribution >= 4 is 45.4 Å². The minimum Gasteiger partial charge on any atom is -0.459 e. The lowest BCUT2D eigenvalue weighted by atomic mass is 10.1. The van der Waals surface area contributed by atoms with E-state index in [1.165, 1.54) is 6.26 Å². The molecule has 4 rings (SSSR count). The van der Waals surface area contributed by atoms with Crippen molar-refractivity contribution in [1.29, 1.82) is 0 Å². The number of rotatable bonds is 6. The van der Waals surface area contributed by atoms with Crippen LogP contribution in [0.25, 0.3) is 0 Å². The van der Waals surface area contributed by atoms with Crippen molar-refractivity contribution in [2.24, 2.45) is 0 Å². The summed E-state index contributed by atoms with van der Waals surface area (Å²) in [5.74, 6) is -0.912. The molecule has 0 aliphatic heterocycles. The van der Waals surface area contributed by atoms with Gasteiger partial charge < -0.3 is 20.4 Å². The van der Waals surface area contributed by atoms with Gasteiger partial charge in [-0.2, -0.15) is 0 Å². The molecule has 0 bridgehead atoms. The van der Waals surface area contributed by atoms with E-state index in [4.69, 9.17) is 4.42 Å². The molecule has 4 aromatic rings. The minimum atomic E-state index is -0.397. The summed E-state index contributed by atoms with van der Waals surface area (Å²) in [4.78, 5) is 38.5. The number of hydrogen-bond donors (Lipinski definition) is 3. The molecule has 2 aromatic heterocycles. The van der Waals surface area contributed by atoms with E-state index in [0.29, 0.717) is 32.4 Å². The van der Waals surface area contributed by atoms with Crippen LogP contribution in [-0.2, 0) is 0 Å². The molecular formula is C25H21N3O4S. The Bertz CT molecular complexity index is 1330. The average molecular weight is 460 g/mol. The SMILES string of the molecule is Cc1cccc(NC(=O)c2ccccc2NC(=O)c2sc(NC(=O)c3ccco3)cc2C)c1. The number of aryl methyl sites for hydroxylation is 2.